The zero-order valence-corrected chi connectivity index (χ0v) is 17.0. The lowest BCUT2D eigenvalue weighted by Crippen LogP contribution is -2.26. The maximum Gasteiger partial charge on any atom is 0.422 e. The normalized spacial score (nSPS) is 13.5. The number of hydrogen-bond donors (Lipinski definition) is 1. The summed E-state index contributed by atoms with van der Waals surface area (Å²) >= 11 is 0. The first-order chi connectivity index (χ1) is 15.6. The Morgan fingerprint density at radius 3 is 2.52 bits per heavy atom. The van der Waals surface area contributed by atoms with Gasteiger partial charge in [-0.15, -0.1) is 5.10 Å². The molecule has 2 aromatic carbocycles. The molecule has 2 heterocycles. The van der Waals surface area contributed by atoms with Crippen LogP contribution in [0.2, 0.25) is 0 Å². The Bertz CT molecular complexity index is 1250. The number of aryl methyl sites for hydroxylation is 1. The zero-order valence-electron chi connectivity index (χ0n) is 17.0. The van der Waals surface area contributed by atoms with Crippen LogP contribution in [0.3, 0.4) is 0 Å². The third-order valence-electron chi connectivity index (χ3n) is 5.02. The van der Waals surface area contributed by atoms with E-state index in [1.807, 2.05) is 5.32 Å². The number of halogens is 5. The molecule has 1 aliphatic rings. The first kappa shape index (κ1) is 22.5. The lowest BCUT2D eigenvalue weighted by molar-refractivity contribution is -0.153. The largest absolute Gasteiger partial charge is 0.483 e. The molecule has 0 fully saturated rings. The molecular weight excluding hydrogens is 451 g/mol. The highest BCUT2D eigenvalue weighted by Gasteiger charge is 2.30. The second kappa shape index (κ2) is 8.68. The molecule has 4 rings (SSSR count). The highest BCUT2D eigenvalue weighted by molar-refractivity contribution is 6.06. The molecule has 0 radical (unpaired) electrons. The standard InChI is InChI=1S/C21H17F5N4O3/c22-14-4-3-5-15(23)18(14)27-19(31)13-8-7-12(10-16(13)33-11-21(24,25)26)30-20(32)29-9-2-1-6-17(29)28-30/h3-5,7-8,10H,1-2,6,9,11H2,(H,27,31). The molecule has 1 amide bonds. The summed E-state index contributed by atoms with van der Waals surface area (Å²) in [5, 5.41) is 6.23. The van der Waals surface area contributed by atoms with E-state index in [4.69, 9.17) is 4.74 Å². The van der Waals surface area contributed by atoms with Crippen molar-refractivity contribution in [2.45, 2.75) is 32.0 Å². The number of alkyl halides is 3. The minimum absolute atomic E-state index is 0.0766. The molecule has 12 heteroatoms. The number of nitrogens with zero attached hydrogens (tertiary/aromatic N) is 3. The number of amides is 1. The van der Waals surface area contributed by atoms with Crippen LogP contribution >= 0.6 is 0 Å². The first-order valence-corrected chi connectivity index (χ1v) is 9.92. The Hall–Kier alpha value is -3.70. The van der Waals surface area contributed by atoms with Gasteiger partial charge in [-0.2, -0.15) is 17.9 Å². The number of fused-ring (bicyclic) bond motifs is 1. The first-order valence-electron chi connectivity index (χ1n) is 9.92. The maximum absolute atomic E-state index is 13.9. The number of rotatable bonds is 5. The summed E-state index contributed by atoms with van der Waals surface area (Å²) in [6.07, 6.45) is -2.49. The van der Waals surface area contributed by atoms with Crippen molar-refractivity contribution in [3.8, 4) is 11.4 Å². The number of para-hydroxylation sites is 1. The van der Waals surface area contributed by atoms with Gasteiger partial charge >= 0.3 is 11.9 Å². The van der Waals surface area contributed by atoms with E-state index in [2.05, 4.69) is 5.10 Å². The SMILES string of the molecule is O=C(Nc1c(F)cccc1F)c1ccc(-n2nc3n(c2=O)CCCC3)cc1OCC(F)(F)F. The van der Waals surface area contributed by atoms with Crippen LogP contribution < -0.4 is 15.7 Å². The average molecular weight is 468 g/mol. The van der Waals surface area contributed by atoms with Gasteiger partial charge in [0.15, 0.2) is 6.61 Å². The fraction of sp³-hybridized carbons (Fsp3) is 0.286. The molecule has 0 saturated carbocycles. The van der Waals surface area contributed by atoms with Crippen molar-refractivity contribution in [1.29, 1.82) is 0 Å². The summed E-state index contributed by atoms with van der Waals surface area (Å²) in [6.45, 7) is -1.25. The Balaban J connectivity index is 1.72. The summed E-state index contributed by atoms with van der Waals surface area (Å²) in [6, 6.07) is 6.35. The average Bonchev–Trinajstić information content (AvgIpc) is 3.11. The number of nitrogens with one attached hydrogen (secondary N) is 1. The molecule has 0 spiro atoms. The Labute approximate surface area is 183 Å². The second-order valence-corrected chi connectivity index (χ2v) is 7.35. The van der Waals surface area contributed by atoms with Gasteiger partial charge in [0.1, 0.15) is 28.9 Å². The lowest BCUT2D eigenvalue weighted by Gasteiger charge is -2.15. The van der Waals surface area contributed by atoms with Crippen LogP contribution in [0.1, 0.15) is 29.0 Å². The quantitative estimate of drug-likeness (QED) is 0.578. The summed E-state index contributed by atoms with van der Waals surface area (Å²) in [7, 11) is 0. The summed E-state index contributed by atoms with van der Waals surface area (Å²) in [5.41, 5.74) is -1.57. The Morgan fingerprint density at radius 1 is 1.12 bits per heavy atom. The number of benzene rings is 2. The molecule has 0 unspecified atom stereocenters. The van der Waals surface area contributed by atoms with E-state index in [-0.39, 0.29) is 5.69 Å². The number of anilines is 1. The van der Waals surface area contributed by atoms with Gasteiger partial charge in [-0.1, -0.05) is 6.07 Å². The molecule has 1 N–H and O–H groups in total. The van der Waals surface area contributed by atoms with Crippen LogP contribution in [0, 0.1) is 11.6 Å². The predicted molar refractivity (Wildman–Crippen MR) is 107 cm³/mol. The van der Waals surface area contributed by atoms with E-state index in [1.165, 1.54) is 10.6 Å². The summed E-state index contributed by atoms with van der Waals surface area (Å²) in [4.78, 5) is 25.3. The van der Waals surface area contributed by atoms with E-state index in [0.29, 0.717) is 18.8 Å². The number of ether oxygens (including phenoxy) is 1. The van der Waals surface area contributed by atoms with Crippen LogP contribution in [0.4, 0.5) is 27.6 Å². The number of hydrogen-bond acceptors (Lipinski definition) is 4. The van der Waals surface area contributed by atoms with Gasteiger partial charge in [0.25, 0.3) is 5.91 Å². The molecule has 0 atom stereocenters. The summed E-state index contributed by atoms with van der Waals surface area (Å²) < 4.78 is 73.4. The van der Waals surface area contributed by atoms with Gasteiger partial charge in [-0.3, -0.25) is 9.36 Å². The van der Waals surface area contributed by atoms with Crippen molar-refractivity contribution in [2.24, 2.45) is 0 Å². The van der Waals surface area contributed by atoms with Gasteiger partial charge in [-0.25, -0.2) is 13.6 Å². The van der Waals surface area contributed by atoms with Crippen molar-refractivity contribution in [3.63, 3.8) is 0 Å². The maximum atomic E-state index is 13.9. The molecule has 0 saturated heterocycles. The van der Waals surface area contributed by atoms with Crippen LogP contribution in [0.25, 0.3) is 5.69 Å². The summed E-state index contributed by atoms with van der Waals surface area (Å²) in [5.74, 6) is -3.21. The molecule has 0 aliphatic carbocycles. The fourth-order valence-corrected chi connectivity index (χ4v) is 3.48. The monoisotopic (exact) mass is 468 g/mol. The molecule has 3 aromatic rings. The van der Waals surface area contributed by atoms with Gasteiger partial charge in [0.05, 0.1) is 11.3 Å². The minimum Gasteiger partial charge on any atom is -0.483 e. The predicted octanol–water partition coefficient (Wildman–Crippen LogP) is 3.84. The van der Waals surface area contributed by atoms with Crippen molar-refractivity contribution in [2.75, 3.05) is 11.9 Å². The van der Waals surface area contributed by atoms with E-state index in [9.17, 15) is 31.5 Å². The molecule has 0 bridgehead atoms. The zero-order chi connectivity index (χ0) is 23.8. The van der Waals surface area contributed by atoms with E-state index >= 15 is 0 Å². The smallest absolute Gasteiger partial charge is 0.422 e. The van der Waals surface area contributed by atoms with Gasteiger partial charge < -0.3 is 10.1 Å². The molecule has 1 aliphatic heterocycles. The van der Waals surface area contributed by atoms with Gasteiger partial charge in [0, 0.05) is 19.0 Å². The number of carbonyl (C=O) groups is 1. The second-order valence-electron chi connectivity index (χ2n) is 7.35. The number of carbonyl (C=O) groups excluding carboxylic acids is 1. The van der Waals surface area contributed by atoms with Crippen LogP contribution in [-0.2, 0) is 13.0 Å². The van der Waals surface area contributed by atoms with Crippen molar-refractivity contribution in [3.05, 3.63) is 69.9 Å². The van der Waals surface area contributed by atoms with Crippen LogP contribution in [0.5, 0.6) is 5.75 Å². The topological polar surface area (TPSA) is 78.2 Å². The minimum atomic E-state index is -4.72. The molecule has 174 valence electrons. The Kier molecular flexibility index (Phi) is 5.91. The number of aromatic nitrogens is 3. The fourth-order valence-electron chi connectivity index (χ4n) is 3.48. The third kappa shape index (κ3) is 4.73. The van der Waals surface area contributed by atoms with Gasteiger partial charge in [-0.05, 0) is 37.1 Å². The van der Waals surface area contributed by atoms with Gasteiger partial charge in [0.2, 0.25) is 0 Å². The van der Waals surface area contributed by atoms with Crippen molar-refractivity contribution < 1.29 is 31.5 Å². The van der Waals surface area contributed by atoms with Crippen LogP contribution in [0.15, 0.2) is 41.2 Å². The third-order valence-corrected chi connectivity index (χ3v) is 5.02. The highest BCUT2D eigenvalue weighted by atomic mass is 19.4. The molecule has 1 aromatic heterocycles. The van der Waals surface area contributed by atoms with Crippen molar-refractivity contribution >= 4 is 11.6 Å². The lowest BCUT2D eigenvalue weighted by atomic mass is 10.1. The van der Waals surface area contributed by atoms with Crippen molar-refractivity contribution in [1.82, 2.24) is 14.3 Å². The molecule has 33 heavy (non-hydrogen) atoms. The van der Waals surface area contributed by atoms with Crippen LogP contribution in [-0.4, -0.2) is 33.0 Å². The Morgan fingerprint density at radius 2 is 1.85 bits per heavy atom. The van der Waals surface area contributed by atoms with E-state index in [0.717, 1.165) is 47.9 Å². The molecule has 7 nitrogen and oxygen atoms in total. The van der Waals surface area contributed by atoms with E-state index < -0.39 is 53.0 Å². The molecular formula is C21H17F5N4O3. The van der Waals surface area contributed by atoms with E-state index in [1.54, 1.807) is 0 Å². The highest BCUT2D eigenvalue weighted by Crippen LogP contribution is 2.27.